The SMILES string of the molecule is CCCN(CCC)C(=O)/C1=C/c2ccc(-c3ccc(C(=O)N4CCCC4)cc3)cc2N=C(N)CC1. The van der Waals surface area contributed by atoms with Gasteiger partial charge in [0.1, 0.15) is 0 Å². The van der Waals surface area contributed by atoms with Gasteiger partial charge < -0.3 is 15.5 Å². The molecule has 0 unspecified atom stereocenters. The number of aliphatic imine (C=N–C) groups is 1. The minimum atomic E-state index is 0.0942. The van der Waals surface area contributed by atoms with Crippen LogP contribution in [0.1, 0.15) is 68.3 Å². The van der Waals surface area contributed by atoms with Crippen LogP contribution in [0.5, 0.6) is 0 Å². The van der Waals surface area contributed by atoms with E-state index in [0.29, 0.717) is 18.7 Å². The maximum Gasteiger partial charge on any atom is 0.253 e. The average molecular weight is 473 g/mol. The first kappa shape index (κ1) is 24.7. The molecule has 2 N–H and O–H groups in total. The summed E-state index contributed by atoms with van der Waals surface area (Å²) in [6, 6.07) is 13.8. The molecule has 2 amide bonds. The highest BCUT2D eigenvalue weighted by molar-refractivity contribution is 6.00. The van der Waals surface area contributed by atoms with Gasteiger partial charge in [-0.15, -0.1) is 0 Å². The first-order valence-corrected chi connectivity index (χ1v) is 12.9. The number of carbonyl (C=O) groups is 2. The maximum atomic E-state index is 13.3. The van der Waals surface area contributed by atoms with Crippen molar-refractivity contribution in [1.82, 2.24) is 9.80 Å². The lowest BCUT2D eigenvalue weighted by atomic mass is 9.97. The van der Waals surface area contributed by atoms with Crippen LogP contribution >= 0.6 is 0 Å². The fourth-order valence-electron chi connectivity index (χ4n) is 4.81. The molecular weight excluding hydrogens is 436 g/mol. The number of carbonyl (C=O) groups excluding carboxylic acids is 2. The van der Waals surface area contributed by atoms with Gasteiger partial charge in [-0.3, -0.25) is 9.59 Å². The lowest BCUT2D eigenvalue weighted by molar-refractivity contribution is -0.127. The fraction of sp³-hybridized carbons (Fsp3) is 0.414. The molecule has 0 spiro atoms. The molecule has 184 valence electrons. The predicted octanol–water partition coefficient (Wildman–Crippen LogP) is 5.40. The first-order valence-electron chi connectivity index (χ1n) is 12.9. The van der Waals surface area contributed by atoms with Crippen molar-refractivity contribution >= 4 is 29.4 Å². The van der Waals surface area contributed by atoms with Crippen molar-refractivity contribution in [1.29, 1.82) is 0 Å². The second kappa shape index (κ2) is 11.3. The van der Waals surface area contributed by atoms with Gasteiger partial charge in [-0.1, -0.05) is 38.1 Å². The molecular formula is C29H36N4O2. The third kappa shape index (κ3) is 5.81. The van der Waals surface area contributed by atoms with Gasteiger partial charge in [0.2, 0.25) is 5.91 Å². The van der Waals surface area contributed by atoms with E-state index in [0.717, 1.165) is 85.4 Å². The van der Waals surface area contributed by atoms with Crippen molar-refractivity contribution < 1.29 is 9.59 Å². The summed E-state index contributed by atoms with van der Waals surface area (Å²) in [5.41, 5.74) is 11.4. The average Bonchev–Trinajstić information content (AvgIpc) is 3.40. The zero-order valence-corrected chi connectivity index (χ0v) is 20.9. The topological polar surface area (TPSA) is 79.0 Å². The van der Waals surface area contributed by atoms with Gasteiger partial charge >= 0.3 is 0 Å². The van der Waals surface area contributed by atoms with Crippen LogP contribution in [0, 0.1) is 0 Å². The summed E-state index contributed by atoms with van der Waals surface area (Å²) in [4.78, 5) is 34.5. The minimum absolute atomic E-state index is 0.0942. The first-order chi connectivity index (χ1) is 17.0. The molecule has 0 aliphatic carbocycles. The Morgan fingerprint density at radius 2 is 1.60 bits per heavy atom. The molecule has 2 aliphatic rings. The number of amidine groups is 1. The van der Waals surface area contributed by atoms with Gasteiger partial charge in [-0.25, -0.2) is 4.99 Å². The summed E-state index contributed by atoms with van der Waals surface area (Å²) in [6.45, 7) is 7.40. The van der Waals surface area contributed by atoms with Crippen LogP contribution in [-0.4, -0.2) is 53.6 Å². The normalized spacial score (nSPS) is 17.0. The highest BCUT2D eigenvalue weighted by Gasteiger charge is 2.21. The molecule has 1 saturated heterocycles. The van der Waals surface area contributed by atoms with E-state index in [-0.39, 0.29) is 11.8 Å². The standard InChI is InChI=1S/C29H36N4O2/c1-3-15-32(16-4-2)29(35)25-13-14-27(30)31-26-20-23(11-12-24(26)19-25)21-7-9-22(10-8-21)28(34)33-17-5-6-18-33/h7-12,19-20H,3-6,13-18H2,1-2H3,(H2,30,31)/b25-19+. The smallest absolute Gasteiger partial charge is 0.253 e. The van der Waals surface area contributed by atoms with E-state index in [2.05, 4.69) is 18.8 Å². The lowest BCUT2D eigenvalue weighted by Gasteiger charge is -2.24. The van der Waals surface area contributed by atoms with Crippen LogP contribution in [0.3, 0.4) is 0 Å². The number of nitrogens with two attached hydrogens (primary N) is 1. The molecule has 0 atom stereocenters. The van der Waals surface area contributed by atoms with Gasteiger partial charge in [0, 0.05) is 49.3 Å². The molecule has 0 saturated carbocycles. The van der Waals surface area contributed by atoms with Crippen molar-refractivity contribution in [2.75, 3.05) is 26.2 Å². The highest BCUT2D eigenvalue weighted by Crippen LogP contribution is 2.32. The van der Waals surface area contributed by atoms with Gasteiger partial charge in [0.05, 0.1) is 11.5 Å². The van der Waals surface area contributed by atoms with E-state index in [1.54, 1.807) is 0 Å². The number of hydrogen-bond donors (Lipinski definition) is 1. The van der Waals surface area contributed by atoms with Crippen LogP contribution in [0.15, 0.2) is 53.0 Å². The molecule has 6 nitrogen and oxygen atoms in total. The van der Waals surface area contributed by atoms with Gasteiger partial charge in [-0.2, -0.15) is 0 Å². The van der Waals surface area contributed by atoms with Crippen LogP contribution in [0.2, 0.25) is 0 Å². The molecule has 0 bridgehead atoms. The molecule has 0 aromatic heterocycles. The Morgan fingerprint density at radius 1 is 0.943 bits per heavy atom. The van der Waals surface area contributed by atoms with Gasteiger partial charge in [-0.05, 0) is 67.5 Å². The summed E-state index contributed by atoms with van der Waals surface area (Å²) in [5, 5.41) is 0. The summed E-state index contributed by atoms with van der Waals surface area (Å²) in [5.74, 6) is 0.731. The third-order valence-corrected chi connectivity index (χ3v) is 6.68. The predicted molar refractivity (Wildman–Crippen MR) is 143 cm³/mol. The van der Waals surface area contributed by atoms with Gasteiger partial charge in [0.25, 0.3) is 5.91 Å². The van der Waals surface area contributed by atoms with E-state index >= 15 is 0 Å². The third-order valence-electron chi connectivity index (χ3n) is 6.68. The van der Waals surface area contributed by atoms with Crippen molar-refractivity contribution in [2.45, 2.75) is 52.4 Å². The number of benzene rings is 2. The Balaban J connectivity index is 1.61. The van der Waals surface area contributed by atoms with Crippen LogP contribution in [-0.2, 0) is 4.79 Å². The van der Waals surface area contributed by atoms with Crippen LogP contribution < -0.4 is 5.73 Å². The molecule has 2 aliphatic heterocycles. The quantitative estimate of drug-likeness (QED) is 0.586. The van der Waals surface area contributed by atoms with E-state index in [1.807, 2.05) is 58.3 Å². The second-order valence-corrected chi connectivity index (χ2v) is 9.42. The molecule has 0 radical (unpaired) electrons. The number of rotatable bonds is 7. The number of hydrogen-bond acceptors (Lipinski definition) is 4. The molecule has 2 aromatic rings. The number of amides is 2. The van der Waals surface area contributed by atoms with Crippen LogP contribution in [0.4, 0.5) is 5.69 Å². The van der Waals surface area contributed by atoms with Gasteiger partial charge in [0.15, 0.2) is 0 Å². The van der Waals surface area contributed by atoms with Crippen molar-refractivity contribution in [2.24, 2.45) is 10.7 Å². The molecule has 4 rings (SSSR count). The molecule has 2 heterocycles. The van der Waals surface area contributed by atoms with E-state index in [1.165, 1.54) is 0 Å². The maximum absolute atomic E-state index is 13.3. The molecule has 1 fully saturated rings. The minimum Gasteiger partial charge on any atom is -0.387 e. The summed E-state index contributed by atoms with van der Waals surface area (Å²) in [6.07, 6.45) is 7.16. The molecule has 2 aromatic carbocycles. The Bertz CT molecular complexity index is 1120. The monoisotopic (exact) mass is 472 g/mol. The largest absolute Gasteiger partial charge is 0.387 e. The zero-order valence-electron chi connectivity index (χ0n) is 20.9. The van der Waals surface area contributed by atoms with Crippen LogP contribution in [0.25, 0.3) is 17.2 Å². The number of fused-ring (bicyclic) bond motifs is 1. The van der Waals surface area contributed by atoms with E-state index in [9.17, 15) is 9.59 Å². The second-order valence-electron chi connectivity index (χ2n) is 9.42. The molecule has 35 heavy (non-hydrogen) atoms. The van der Waals surface area contributed by atoms with E-state index in [4.69, 9.17) is 5.73 Å². The van der Waals surface area contributed by atoms with Crippen molar-refractivity contribution in [3.63, 3.8) is 0 Å². The number of nitrogens with zero attached hydrogens (tertiary/aromatic N) is 3. The Kier molecular flexibility index (Phi) is 8.01. The summed E-state index contributed by atoms with van der Waals surface area (Å²) in [7, 11) is 0. The van der Waals surface area contributed by atoms with Crippen molar-refractivity contribution in [3.8, 4) is 11.1 Å². The summed E-state index contributed by atoms with van der Waals surface area (Å²) >= 11 is 0. The highest BCUT2D eigenvalue weighted by atomic mass is 16.2. The fourth-order valence-corrected chi connectivity index (χ4v) is 4.81. The summed E-state index contributed by atoms with van der Waals surface area (Å²) < 4.78 is 0. The van der Waals surface area contributed by atoms with E-state index < -0.39 is 0 Å². The Hall–Kier alpha value is -3.41. The zero-order chi connectivity index (χ0) is 24.8. The van der Waals surface area contributed by atoms with Crippen molar-refractivity contribution in [3.05, 3.63) is 59.2 Å². The lowest BCUT2D eigenvalue weighted by Crippen LogP contribution is -2.34. The Morgan fingerprint density at radius 3 is 2.26 bits per heavy atom. The Labute approximate surface area is 208 Å². The molecule has 6 heteroatoms. The number of likely N-dealkylation sites (tertiary alicyclic amines) is 1.